The molecular weight excluding hydrogens is 315 g/mol. The van der Waals surface area contributed by atoms with Gasteiger partial charge in [-0.25, -0.2) is 4.39 Å². The van der Waals surface area contributed by atoms with Crippen LogP contribution in [-0.2, 0) is 4.79 Å². The molecule has 0 aromatic heterocycles. The smallest absolute Gasteiger partial charge is 0.225 e. The van der Waals surface area contributed by atoms with Crippen LogP contribution in [0.3, 0.4) is 0 Å². The number of carbonyl (C=O) groups excluding carboxylic acids is 1. The summed E-state index contributed by atoms with van der Waals surface area (Å²) in [6.45, 7) is 8.02. The van der Waals surface area contributed by atoms with Gasteiger partial charge < -0.3 is 5.32 Å². The number of carbonyl (C=O) groups is 1. The molecule has 1 aliphatic rings. The molecule has 23 heavy (non-hydrogen) atoms. The van der Waals surface area contributed by atoms with E-state index in [1.165, 1.54) is 6.07 Å². The van der Waals surface area contributed by atoms with Crippen LogP contribution in [0, 0.1) is 11.2 Å². The molecule has 0 bridgehead atoms. The predicted octanol–water partition coefficient (Wildman–Crippen LogP) is 4.17. The van der Waals surface area contributed by atoms with E-state index < -0.39 is 5.41 Å². The molecule has 0 spiro atoms. The second-order valence-corrected chi connectivity index (χ2v) is 7.25. The largest absolute Gasteiger partial charge is 0.354 e. The van der Waals surface area contributed by atoms with Crippen molar-refractivity contribution < 1.29 is 9.18 Å². The Bertz CT molecular complexity index is 536. The lowest BCUT2D eigenvalue weighted by Crippen LogP contribution is -2.42. The van der Waals surface area contributed by atoms with Gasteiger partial charge in [0.15, 0.2) is 0 Å². The molecule has 1 aliphatic heterocycles. The first-order valence-electron chi connectivity index (χ1n) is 8.33. The van der Waals surface area contributed by atoms with E-state index >= 15 is 0 Å². The first-order chi connectivity index (χ1) is 10.9. The Kier molecular flexibility index (Phi) is 6.04. The summed E-state index contributed by atoms with van der Waals surface area (Å²) >= 11 is 6.26. The third-order valence-corrected chi connectivity index (χ3v) is 5.20. The quantitative estimate of drug-likeness (QED) is 0.843. The van der Waals surface area contributed by atoms with Crippen molar-refractivity contribution in [2.45, 2.75) is 46.1 Å². The van der Waals surface area contributed by atoms with E-state index in [9.17, 15) is 9.18 Å². The van der Waals surface area contributed by atoms with E-state index in [-0.39, 0.29) is 17.8 Å². The number of rotatable bonds is 6. The molecule has 1 fully saturated rings. The maximum Gasteiger partial charge on any atom is 0.225 e. The van der Waals surface area contributed by atoms with Crippen molar-refractivity contribution in [2.75, 3.05) is 19.6 Å². The Labute approximate surface area is 143 Å². The summed E-state index contributed by atoms with van der Waals surface area (Å²) in [5.74, 6) is -0.310. The lowest BCUT2D eigenvalue weighted by Gasteiger charge is -2.31. The summed E-state index contributed by atoms with van der Waals surface area (Å²) in [6, 6.07) is 4.53. The minimum atomic E-state index is -0.422. The van der Waals surface area contributed by atoms with Crippen LogP contribution in [0.15, 0.2) is 18.2 Å². The second kappa shape index (κ2) is 7.63. The maximum atomic E-state index is 14.4. The Balaban J connectivity index is 2.20. The van der Waals surface area contributed by atoms with Crippen molar-refractivity contribution in [1.82, 2.24) is 10.2 Å². The van der Waals surface area contributed by atoms with E-state index in [2.05, 4.69) is 10.2 Å². The van der Waals surface area contributed by atoms with E-state index in [1.54, 1.807) is 12.1 Å². The maximum absolute atomic E-state index is 14.4. The zero-order chi connectivity index (χ0) is 17.0. The van der Waals surface area contributed by atoms with Crippen molar-refractivity contribution in [2.24, 2.45) is 5.41 Å². The molecule has 1 aromatic carbocycles. The number of likely N-dealkylation sites (tertiary alicyclic amines) is 1. The van der Waals surface area contributed by atoms with Gasteiger partial charge in [0.25, 0.3) is 0 Å². The van der Waals surface area contributed by atoms with Crippen LogP contribution in [0.5, 0.6) is 0 Å². The van der Waals surface area contributed by atoms with Gasteiger partial charge in [-0.3, -0.25) is 9.69 Å². The lowest BCUT2D eigenvalue weighted by molar-refractivity contribution is -0.129. The Morgan fingerprint density at radius 1 is 1.39 bits per heavy atom. The normalized spacial score (nSPS) is 17.3. The van der Waals surface area contributed by atoms with Gasteiger partial charge in [-0.15, -0.1) is 0 Å². The van der Waals surface area contributed by atoms with Crippen molar-refractivity contribution in [3.63, 3.8) is 0 Å². The molecule has 1 saturated heterocycles. The molecule has 128 valence electrons. The summed E-state index contributed by atoms with van der Waals surface area (Å²) in [5, 5.41) is 3.42. The fourth-order valence-corrected chi connectivity index (χ4v) is 3.17. The molecule has 1 unspecified atom stereocenters. The number of nitrogens with zero attached hydrogens (tertiary/aromatic N) is 1. The third kappa shape index (κ3) is 4.24. The van der Waals surface area contributed by atoms with Crippen molar-refractivity contribution >= 4 is 17.5 Å². The number of amides is 1. The van der Waals surface area contributed by atoms with Gasteiger partial charge >= 0.3 is 0 Å². The highest BCUT2D eigenvalue weighted by Crippen LogP contribution is 2.32. The fraction of sp³-hybridized carbons (Fsp3) is 0.611. The molecule has 1 atom stereocenters. The van der Waals surface area contributed by atoms with Crippen LogP contribution in [0.4, 0.5) is 4.39 Å². The van der Waals surface area contributed by atoms with Crippen LogP contribution < -0.4 is 5.32 Å². The summed E-state index contributed by atoms with van der Waals surface area (Å²) in [5.41, 5.74) is 0.0693. The highest BCUT2D eigenvalue weighted by molar-refractivity contribution is 6.31. The molecule has 0 radical (unpaired) electrons. The first kappa shape index (κ1) is 18.2. The highest BCUT2D eigenvalue weighted by Gasteiger charge is 2.30. The molecule has 1 amide bonds. The molecule has 0 saturated carbocycles. The summed E-state index contributed by atoms with van der Waals surface area (Å²) in [7, 11) is 0. The Morgan fingerprint density at radius 2 is 2.04 bits per heavy atom. The number of nitrogens with one attached hydrogen (secondary N) is 1. The van der Waals surface area contributed by atoms with Gasteiger partial charge in [-0.1, -0.05) is 38.4 Å². The fourth-order valence-electron chi connectivity index (χ4n) is 2.89. The van der Waals surface area contributed by atoms with E-state index in [4.69, 9.17) is 11.6 Å². The van der Waals surface area contributed by atoms with E-state index in [1.807, 2.05) is 20.8 Å². The first-order valence-corrected chi connectivity index (χ1v) is 8.71. The number of hydrogen-bond donors (Lipinski definition) is 1. The van der Waals surface area contributed by atoms with Gasteiger partial charge in [-0.2, -0.15) is 0 Å². The van der Waals surface area contributed by atoms with Crippen LogP contribution in [0.2, 0.25) is 5.02 Å². The predicted molar refractivity (Wildman–Crippen MR) is 92.0 cm³/mol. The topological polar surface area (TPSA) is 32.3 Å². The lowest BCUT2D eigenvalue weighted by atomic mass is 9.89. The zero-order valence-electron chi connectivity index (χ0n) is 14.2. The third-order valence-electron chi connectivity index (χ3n) is 4.87. The van der Waals surface area contributed by atoms with E-state index in [0.717, 1.165) is 32.4 Å². The molecule has 0 aliphatic carbocycles. The molecular formula is C18H26ClFN2O. The number of benzene rings is 1. The van der Waals surface area contributed by atoms with Crippen LogP contribution in [0.25, 0.3) is 0 Å². The van der Waals surface area contributed by atoms with Crippen LogP contribution in [0.1, 0.15) is 51.6 Å². The standard InChI is InChI=1S/C18H26ClFN2O/c1-4-18(2,3)17(23)21-12-15(22-10-5-6-11-22)16-13(19)8-7-9-14(16)20/h7-9,15H,4-6,10-12H2,1-3H3,(H,21,23). The summed E-state index contributed by atoms with van der Waals surface area (Å²) in [4.78, 5) is 14.6. The van der Waals surface area contributed by atoms with Gasteiger partial charge in [-0.05, 0) is 44.5 Å². The SMILES string of the molecule is CCC(C)(C)C(=O)NCC(c1c(F)cccc1Cl)N1CCCC1. The van der Waals surface area contributed by atoms with Crippen molar-refractivity contribution in [3.05, 3.63) is 34.6 Å². The van der Waals surface area contributed by atoms with E-state index in [0.29, 0.717) is 17.1 Å². The Hall–Kier alpha value is -1.13. The minimum absolute atomic E-state index is 0.00309. The molecule has 2 rings (SSSR count). The molecule has 3 nitrogen and oxygen atoms in total. The average Bonchev–Trinajstić information content (AvgIpc) is 3.03. The van der Waals surface area contributed by atoms with Crippen LogP contribution in [-0.4, -0.2) is 30.4 Å². The molecule has 1 aromatic rings. The monoisotopic (exact) mass is 340 g/mol. The summed E-state index contributed by atoms with van der Waals surface area (Å²) < 4.78 is 14.4. The molecule has 5 heteroatoms. The van der Waals surface area contributed by atoms with Gasteiger partial charge in [0.05, 0.1) is 6.04 Å². The summed E-state index contributed by atoms with van der Waals surface area (Å²) in [6.07, 6.45) is 2.95. The second-order valence-electron chi connectivity index (χ2n) is 6.84. The number of halogens is 2. The number of hydrogen-bond acceptors (Lipinski definition) is 2. The zero-order valence-corrected chi connectivity index (χ0v) is 14.9. The van der Waals surface area contributed by atoms with Crippen molar-refractivity contribution in [3.8, 4) is 0 Å². The molecule has 1 N–H and O–H groups in total. The van der Waals surface area contributed by atoms with Gasteiger partial charge in [0.2, 0.25) is 5.91 Å². The minimum Gasteiger partial charge on any atom is -0.354 e. The van der Waals surface area contributed by atoms with Gasteiger partial charge in [0, 0.05) is 22.5 Å². The van der Waals surface area contributed by atoms with Crippen LogP contribution >= 0.6 is 11.6 Å². The van der Waals surface area contributed by atoms with Crippen molar-refractivity contribution in [1.29, 1.82) is 0 Å². The Morgan fingerprint density at radius 3 is 2.61 bits per heavy atom. The van der Waals surface area contributed by atoms with Gasteiger partial charge in [0.1, 0.15) is 5.82 Å². The highest BCUT2D eigenvalue weighted by atomic mass is 35.5. The molecule has 1 heterocycles. The average molecular weight is 341 g/mol.